The minimum atomic E-state index is 0.145. The van der Waals surface area contributed by atoms with Gasteiger partial charge in [-0.15, -0.1) is 0 Å². The molecule has 1 aromatic heterocycles. The summed E-state index contributed by atoms with van der Waals surface area (Å²) in [5.41, 5.74) is 0. The Balaban J connectivity index is 2.06. The topological polar surface area (TPSA) is 37.6 Å². The van der Waals surface area contributed by atoms with Gasteiger partial charge < -0.3 is 14.5 Å². The molecule has 1 N–H and O–H groups in total. The maximum absolute atomic E-state index is 5.93. The smallest absolute Gasteiger partial charge is 0.123 e. The highest BCUT2D eigenvalue weighted by Gasteiger charge is 2.31. The van der Waals surface area contributed by atoms with E-state index in [1.807, 2.05) is 12.1 Å². The highest BCUT2D eigenvalue weighted by molar-refractivity contribution is 5.07. The number of ether oxygens (including phenoxy) is 1. The van der Waals surface area contributed by atoms with Crippen molar-refractivity contribution in [2.75, 3.05) is 26.2 Å². The molecule has 0 aromatic carbocycles. The van der Waals surface area contributed by atoms with Crippen molar-refractivity contribution in [1.82, 2.24) is 10.2 Å². The number of likely N-dealkylation sites (N-methyl/N-ethyl adjacent to an activating group) is 1. The molecule has 4 heteroatoms. The fraction of sp³-hybridized carbons (Fsp3) is 0.714. The van der Waals surface area contributed by atoms with Gasteiger partial charge >= 0.3 is 0 Å². The van der Waals surface area contributed by atoms with Crippen LogP contribution < -0.4 is 5.32 Å². The van der Waals surface area contributed by atoms with Crippen LogP contribution in [0.1, 0.15) is 32.6 Å². The van der Waals surface area contributed by atoms with Crippen LogP contribution in [0, 0.1) is 0 Å². The molecule has 102 valence electrons. The maximum atomic E-state index is 5.93. The summed E-state index contributed by atoms with van der Waals surface area (Å²) in [6, 6.07) is 4.66. The molecule has 0 saturated carbocycles. The number of morpholine rings is 1. The van der Waals surface area contributed by atoms with E-state index in [0.717, 1.165) is 32.0 Å². The van der Waals surface area contributed by atoms with Crippen LogP contribution in [0.3, 0.4) is 0 Å². The Morgan fingerprint density at radius 1 is 1.50 bits per heavy atom. The van der Waals surface area contributed by atoms with Gasteiger partial charge in [0.15, 0.2) is 0 Å². The van der Waals surface area contributed by atoms with Gasteiger partial charge in [-0.2, -0.15) is 0 Å². The zero-order chi connectivity index (χ0) is 13.0. The molecule has 1 aromatic rings. The van der Waals surface area contributed by atoms with E-state index in [4.69, 9.17) is 9.15 Å². The van der Waals surface area contributed by atoms with Crippen LogP contribution in [-0.4, -0.2) is 43.3 Å². The molecule has 2 unspecified atom stereocenters. The largest absolute Gasteiger partial charge is 0.468 e. The number of furan rings is 1. The molecule has 1 saturated heterocycles. The van der Waals surface area contributed by atoms with Gasteiger partial charge in [-0.25, -0.2) is 0 Å². The average Bonchev–Trinajstić information content (AvgIpc) is 2.89. The Bertz CT molecular complexity index is 338. The van der Waals surface area contributed by atoms with Gasteiger partial charge in [0, 0.05) is 19.1 Å². The molecule has 2 heterocycles. The third-order valence-electron chi connectivity index (χ3n) is 3.50. The summed E-state index contributed by atoms with van der Waals surface area (Å²) in [5, 5.41) is 3.47. The Kier molecular flexibility index (Phi) is 4.80. The lowest BCUT2D eigenvalue weighted by Gasteiger charge is -2.38. The van der Waals surface area contributed by atoms with E-state index in [2.05, 4.69) is 31.0 Å². The van der Waals surface area contributed by atoms with Crippen molar-refractivity contribution in [2.45, 2.75) is 39.0 Å². The Morgan fingerprint density at radius 3 is 2.94 bits per heavy atom. The second-order valence-corrected chi connectivity index (χ2v) is 5.05. The molecule has 1 aliphatic heterocycles. The summed E-state index contributed by atoms with van der Waals surface area (Å²) >= 11 is 0. The lowest BCUT2D eigenvalue weighted by Crippen LogP contribution is -2.50. The fourth-order valence-corrected chi connectivity index (χ4v) is 2.47. The van der Waals surface area contributed by atoms with Crippen molar-refractivity contribution in [1.29, 1.82) is 0 Å². The Hall–Kier alpha value is -0.840. The average molecular weight is 252 g/mol. The third-order valence-corrected chi connectivity index (χ3v) is 3.50. The molecule has 0 radical (unpaired) electrons. The third kappa shape index (κ3) is 3.13. The van der Waals surface area contributed by atoms with Gasteiger partial charge in [-0.1, -0.05) is 6.92 Å². The summed E-state index contributed by atoms with van der Waals surface area (Å²) in [6.07, 6.45) is 1.88. The number of nitrogens with zero attached hydrogens (tertiary/aromatic N) is 1. The number of hydrogen-bond donors (Lipinski definition) is 1. The normalized spacial score (nSPS) is 23.4. The lowest BCUT2D eigenvalue weighted by atomic mass is 10.1. The molecule has 18 heavy (non-hydrogen) atoms. The Morgan fingerprint density at radius 2 is 2.33 bits per heavy atom. The molecular weight excluding hydrogens is 228 g/mol. The molecule has 1 aliphatic rings. The fourth-order valence-electron chi connectivity index (χ4n) is 2.47. The van der Waals surface area contributed by atoms with E-state index in [0.29, 0.717) is 6.04 Å². The van der Waals surface area contributed by atoms with E-state index in [1.54, 1.807) is 6.26 Å². The monoisotopic (exact) mass is 252 g/mol. The first kappa shape index (κ1) is 13.6. The van der Waals surface area contributed by atoms with Crippen LogP contribution >= 0.6 is 0 Å². The maximum Gasteiger partial charge on any atom is 0.123 e. The van der Waals surface area contributed by atoms with Crippen LogP contribution in [-0.2, 0) is 4.74 Å². The first-order chi connectivity index (χ1) is 8.72. The van der Waals surface area contributed by atoms with Crippen LogP contribution in [0.2, 0.25) is 0 Å². The van der Waals surface area contributed by atoms with Gasteiger partial charge in [0.1, 0.15) is 5.76 Å². The second kappa shape index (κ2) is 6.36. The van der Waals surface area contributed by atoms with E-state index in [-0.39, 0.29) is 12.1 Å². The van der Waals surface area contributed by atoms with Crippen LogP contribution in [0.15, 0.2) is 22.8 Å². The zero-order valence-electron chi connectivity index (χ0n) is 11.6. The standard InChI is InChI=1S/C14H24N2O2/c1-4-15-14(12-6-5-8-17-12)13-10-16(11(2)3)7-9-18-13/h5-6,8,11,13-15H,4,7,9-10H2,1-3H3. The molecule has 2 atom stereocenters. The second-order valence-electron chi connectivity index (χ2n) is 5.05. The molecule has 0 aliphatic carbocycles. The molecule has 1 fully saturated rings. The van der Waals surface area contributed by atoms with Crippen molar-refractivity contribution < 1.29 is 9.15 Å². The van der Waals surface area contributed by atoms with Crippen LogP contribution in [0.25, 0.3) is 0 Å². The molecular formula is C14H24N2O2. The van der Waals surface area contributed by atoms with Gasteiger partial charge in [0.05, 0.1) is 25.0 Å². The molecule has 4 nitrogen and oxygen atoms in total. The molecule has 0 amide bonds. The van der Waals surface area contributed by atoms with Gasteiger partial charge in [-0.3, -0.25) is 4.90 Å². The lowest BCUT2D eigenvalue weighted by molar-refractivity contribution is -0.0588. The summed E-state index contributed by atoms with van der Waals surface area (Å²) < 4.78 is 11.5. The highest BCUT2D eigenvalue weighted by Crippen LogP contribution is 2.23. The first-order valence-corrected chi connectivity index (χ1v) is 6.84. The van der Waals surface area contributed by atoms with Crippen molar-refractivity contribution in [2.24, 2.45) is 0 Å². The van der Waals surface area contributed by atoms with E-state index in [9.17, 15) is 0 Å². The van der Waals surface area contributed by atoms with Crippen molar-refractivity contribution in [3.05, 3.63) is 24.2 Å². The zero-order valence-corrected chi connectivity index (χ0v) is 11.6. The van der Waals surface area contributed by atoms with E-state index in [1.165, 1.54) is 0 Å². The highest BCUT2D eigenvalue weighted by atomic mass is 16.5. The van der Waals surface area contributed by atoms with E-state index < -0.39 is 0 Å². The summed E-state index contributed by atoms with van der Waals surface area (Å²) in [7, 11) is 0. The van der Waals surface area contributed by atoms with Gasteiger partial charge in [0.2, 0.25) is 0 Å². The SMILES string of the molecule is CCNC(c1ccco1)C1CN(C(C)C)CCO1. The molecule has 0 spiro atoms. The number of nitrogens with one attached hydrogen (secondary N) is 1. The summed E-state index contributed by atoms with van der Waals surface area (Å²) in [6.45, 7) is 10.3. The van der Waals surface area contributed by atoms with Crippen LogP contribution in [0.4, 0.5) is 0 Å². The minimum Gasteiger partial charge on any atom is -0.468 e. The van der Waals surface area contributed by atoms with Gasteiger partial charge in [-0.05, 0) is 32.5 Å². The van der Waals surface area contributed by atoms with Crippen molar-refractivity contribution in [3.8, 4) is 0 Å². The molecule has 0 bridgehead atoms. The van der Waals surface area contributed by atoms with Crippen LogP contribution in [0.5, 0.6) is 0 Å². The molecule has 2 rings (SSSR count). The van der Waals surface area contributed by atoms with E-state index >= 15 is 0 Å². The minimum absolute atomic E-state index is 0.145. The Labute approximate surface area is 109 Å². The van der Waals surface area contributed by atoms with Gasteiger partial charge in [0.25, 0.3) is 0 Å². The summed E-state index contributed by atoms with van der Waals surface area (Å²) in [5.74, 6) is 0.965. The number of rotatable bonds is 5. The predicted octanol–water partition coefficient (Wildman–Crippen LogP) is 2.04. The first-order valence-electron chi connectivity index (χ1n) is 6.84. The predicted molar refractivity (Wildman–Crippen MR) is 71.6 cm³/mol. The van der Waals surface area contributed by atoms with Crippen molar-refractivity contribution in [3.63, 3.8) is 0 Å². The quantitative estimate of drug-likeness (QED) is 0.870. The summed E-state index contributed by atoms with van der Waals surface area (Å²) in [4.78, 5) is 2.46. The number of hydrogen-bond acceptors (Lipinski definition) is 4. The van der Waals surface area contributed by atoms with Crippen molar-refractivity contribution >= 4 is 0 Å².